The molecule has 0 aliphatic heterocycles. The minimum atomic E-state index is -0.528. The van der Waals surface area contributed by atoms with Gasteiger partial charge in [-0.3, -0.25) is 9.78 Å². The highest BCUT2D eigenvalue weighted by atomic mass is 16.1. The number of nitrogens with two attached hydrogens (primary N) is 2. The molecule has 1 aliphatic carbocycles. The van der Waals surface area contributed by atoms with Crippen LogP contribution in [0.4, 0.5) is 17.3 Å². The molecule has 6 N–H and O–H groups in total. The summed E-state index contributed by atoms with van der Waals surface area (Å²) in [7, 11) is 0. The highest BCUT2D eigenvalue weighted by Crippen LogP contribution is 2.26. The fraction of sp³-hybridized carbons (Fsp3) is 0.318. The summed E-state index contributed by atoms with van der Waals surface area (Å²) in [6, 6.07) is 11.6. The van der Waals surface area contributed by atoms with Crippen LogP contribution in [0.3, 0.4) is 0 Å². The lowest BCUT2D eigenvalue weighted by molar-refractivity contribution is 0.100. The average Bonchev–Trinajstić information content (AvgIpc) is 2.92. The van der Waals surface area contributed by atoms with Gasteiger partial charge in [0.15, 0.2) is 0 Å². The highest BCUT2D eigenvalue weighted by molar-refractivity contribution is 5.99. The maximum absolute atomic E-state index is 11.9. The van der Waals surface area contributed by atoms with E-state index in [-0.39, 0.29) is 12.1 Å². The maximum Gasteiger partial charge on any atom is 0.252 e. The van der Waals surface area contributed by atoms with E-state index in [1.807, 2.05) is 24.3 Å². The van der Waals surface area contributed by atoms with Gasteiger partial charge in [0.2, 0.25) is 0 Å². The fourth-order valence-corrected chi connectivity index (χ4v) is 3.84. The van der Waals surface area contributed by atoms with Gasteiger partial charge in [-0.1, -0.05) is 25.3 Å². The Bertz CT molecular complexity index is 1020. The molecule has 2 aromatic heterocycles. The van der Waals surface area contributed by atoms with Crippen LogP contribution in [0, 0.1) is 0 Å². The Morgan fingerprint density at radius 3 is 2.76 bits per heavy atom. The number of hydrogen-bond donors (Lipinski definition) is 4. The number of benzene rings is 1. The molecule has 0 spiro atoms. The van der Waals surface area contributed by atoms with Crippen molar-refractivity contribution >= 4 is 34.0 Å². The number of rotatable bonds is 5. The number of pyridine rings is 2. The van der Waals surface area contributed by atoms with Gasteiger partial charge in [-0.2, -0.15) is 0 Å². The lowest BCUT2D eigenvalue weighted by atomic mass is 10.0. The van der Waals surface area contributed by atoms with Gasteiger partial charge in [0.1, 0.15) is 11.6 Å². The third-order valence-electron chi connectivity index (χ3n) is 5.47. The van der Waals surface area contributed by atoms with Crippen molar-refractivity contribution in [3.05, 3.63) is 54.4 Å². The number of nitrogens with zero attached hydrogens (tertiary/aromatic N) is 2. The second-order valence-corrected chi connectivity index (χ2v) is 7.57. The average molecular weight is 390 g/mol. The number of primary amides is 1. The van der Waals surface area contributed by atoms with Crippen LogP contribution in [-0.2, 0) is 0 Å². The first kappa shape index (κ1) is 19.1. The molecule has 4 rings (SSSR count). The van der Waals surface area contributed by atoms with Crippen molar-refractivity contribution in [2.75, 3.05) is 10.6 Å². The van der Waals surface area contributed by atoms with Crippen molar-refractivity contribution in [2.24, 2.45) is 11.5 Å². The fourth-order valence-electron chi connectivity index (χ4n) is 3.84. The van der Waals surface area contributed by atoms with Gasteiger partial charge in [-0.15, -0.1) is 0 Å². The molecular formula is C22H26N6O. The first-order valence-electron chi connectivity index (χ1n) is 10.0. The number of anilines is 3. The quantitative estimate of drug-likeness (QED) is 0.495. The first-order valence-corrected chi connectivity index (χ1v) is 10.0. The van der Waals surface area contributed by atoms with E-state index < -0.39 is 5.91 Å². The Balaban J connectivity index is 1.61. The molecule has 7 heteroatoms. The molecule has 0 radical (unpaired) electrons. The van der Waals surface area contributed by atoms with E-state index in [4.69, 9.17) is 11.5 Å². The number of amides is 1. The second kappa shape index (κ2) is 8.45. The van der Waals surface area contributed by atoms with Crippen molar-refractivity contribution in [1.82, 2.24) is 9.97 Å². The number of hydrogen-bond acceptors (Lipinski definition) is 6. The van der Waals surface area contributed by atoms with Crippen LogP contribution in [0.2, 0.25) is 0 Å². The van der Waals surface area contributed by atoms with E-state index in [0.717, 1.165) is 42.1 Å². The van der Waals surface area contributed by atoms with Gasteiger partial charge in [0, 0.05) is 35.6 Å². The van der Waals surface area contributed by atoms with E-state index in [0.29, 0.717) is 17.2 Å². The molecule has 0 bridgehead atoms. The van der Waals surface area contributed by atoms with Crippen LogP contribution < -0.4 is 22.1 Å². The molecule has 2 heterocycles. The van der Waals surface area contributed by atoms with Crippen molar-refractivity contribution in [3.63, 3.8) is 0 Å². The summed E-state index contributed by atoms with van der Waals surface area (Å²) >= 11 is 0. The molecule has 1 amide bonds. The zero-order chi connectivity index (χ0) is 20.2. The Labute approximate surface area is 169 Å². The summed E-state index contributed by atoms with van der Waals surface area (Å²) in [4.78, 5) is 20.7. The molecule has 3 aromatic rings. The van der Waals surface area contributed by atoms with E-state index in [1.165, 1.54) is 6.42 Å². The van der Waals surface area contributed by atoms with E-state index in [2.05, 4.69) is 20.6 Å². The SMILES string of the molecule is NC(=O)c1ccc(N[C@@H]2CCCCC[C@@H]2N)nc1Nc1ccc2ccncc2c1. The molecule has 150 valence electrons. The molecular weight excluding hydrogens is 364 g/mol. The number of aromatic nitrogens is 2. The number of nitrogens with one attached hydrogen (secondary N) is 2. The number of fused-ring (bicyclic) bond motifs is 1. The Morgan fingerprint density at radius 1 is 1.03 bits per heavy atom. The van der Waals surface area contributed by atoms with Gasteiger partial charge in [-0.25, -0.2) is 4.98 Å². The lowest BCUT2D eigenvalue weighted by Gasteiger charge is -2.23. The normalized spacial score (nSPS) is 19.5. The lowest BCUT2D eigenvalue weighted by Crippen LogP contribution is -2.39. The largest absolute Gasteiger partial charge is 0.366 e. The third-order valence-corrected chi connectivity index (χ3v) is 5.47. The van der Waals surface area contributed by atoms with Crippen LogP contribution >= 0.6 is 0 Å². The molecule has 1 aliphatic rings. The zero-order valence-corrected chi connectivity index (χ0v) is 16.3. The van der Waals surface area contributed by atoms with Crippen LogP contribution in [-0.4, -0.2) is 28.0 Å². The van der Waals surface area contributed by atoms with Gasteiger partial charge >= 0.3 is 0 Å². The van der Waals surface area contributed by atoms with Crippen LogP contribution in [0.1, 0.15) is 42.5 Å². The Morgan fingerprint density at radius 2 is 1.90 bits per heavy atom. The second-order valence-electron chi connectivity index (χ2n) is 7.57. The maximum atomic E-state index is 11.9. The minimum Gasteiger partial charge on any atom is -0.366 e. The van der Waals surface area contributed by atoms with E-state index in [1.54, 1.807) is 24.5 Å². The molecule has 29 heavy (non-hydrogen) atoms. The number of carbonyl (C=O) groups is 1. The third kappa shape index (κ3) is 4.46. The molecule has 7 nitrogen and oxygen atoms in total. The predicted octanol–water partition coefficient (Wildman–Crippen LogP) is 3.54. The van der Waals surface area contributed by atoms with Crippen LogP contribution in [0.5, 0.6) is 0 Å². The molecule has 0 unspecified atom stereocenters. The summed E-state index contributed by atoms with van der Waals surface area (Å²) in [6.07, 6.45) is 9.11. The Hall–Kier alpha value is -3.19. The highest BCUT2D eigenvalue weighted by Gasteiger charge is 2.21. The molecule has 2 atom stereocenters. The summed E-state index contributed by atoms with van der Waals surface area (Å²) in [5.74, 6) is 0.579. The van der Waals surface area contributed by atoms with E-state index in [9.17, 15) is 4.79 Å². The van der Waals surface area contributed by atoms with Crippen LogP contribution in [0.15, 0.2) is 48.8 Å². The zero-order valence-electron chi connectivity index (χ0n) is 16.3. The van der Waals surface area contributed by atoms with Gasteiger partial charge in [0.05, 0.1) is 5.56 Å². The van der Waals surface area contributed by atoms with Gasteiger partial charge < -0.3 is 22.1 Å². The summed E-state index contributed by atoms with van der Waals surface area (Å²) in [5, 5.41) is 8.78. The smallest absolute Gasteiger partial charge is 0.252 e. The molecule has 1 saturated carbocycles. The Kier molecular flexibility index (Phi) is 5.57. The van der Waals surface area contributed by atoms with Crippen molar-refractivity contribution < 1.29 is 4.79 Å². The standard InChI is InChI=1S/C22H26N6O/c23-18-4-2-1-3-5-19(18)27-20-9-8-17(21(24)29)22(28-20)26-16-7-6-14-10-11-25-13-15(14)12-16/h6-13,18-19H,1-5,23H2,(H2,24,29)(H2,26,27,28)/t18-,19+/m0/s1. The van der Waals surface area contributed by atoms with E-state index >= 15 is 0 Å². The topological polar surface area (TPSA) is 119 Å². The number of carbonyl (C=O) groups excluding carboxylic acids is 1. The summed E-state index contributed by atoms with van der Waals surface area (Å²) in [5.41, 5.74) is 13.0. The monoisotopic (exact) mass is 390 g/mol. The van der Waals surface area contributed by atoms with Gasteiger partial charge in [-0.05, 0) is 48.6 Å². The van der Waals surface area contributed by atoms with Gasteiger partial charge in [0.25, 0.3) is 5.91 Å². The van der Waals surface area contributed by atoms with Crippen molar-refractivity contribution in [1.29, 1.82) is 0 Å². The van der Waals surface area contributed by atoms with Crippen molar-refractivity contribution in [3.8, 4) is 0 Å². The summed E-state index contributed by atoms with van der Waals surface area (Å²) < 4.78 is 0. The molecule has 1 fully saturated rings. The summed E-state index contributed by atoms with van der Waals surface area (Å²) in [6.45, 7) is 0. The predicted molar refractivity (Wildman–Crippen MR) is 116 cm³/mol. The first-order chi connectivity index (χ1) is 14.1. The minimum absolute atomic E-state index is 0.0968. The van der Waals surface area contributed by atoms with Crippen LogP contribution in [0.25, 0.3) is 10.8 Å². The van der Waals surface area contributed by atoms with Crippen molar-refractivity contribution in [2.45, 2.75) is 44.2 Å². The molecule has 0 saturated heterocycles. The molecule has 1 aromatic carbocycles.